The van der Waals surface area contributed by atoms with Crippen molar-refractivity contribution in [1.82, 2.24) is 0 Å². The highest BCUT2D eigenvalue weighted by atomic mass is 35.5. The average molecular weight is 251 g/mol. The number of hydrogen-bond donors (Lipinski definition) is 1. The summed E-state index contributed by atoms with van der Waals surface area (Å²) in [6.07, 6.45) is 0. The van der Waals surface area contributed by atoms with Crippen LogP contribution >= 0.6 is 19.2 Å². The molecule has 0 heterocycles. The lowest BCUT2D eigenvalue weighted by Gasteiger charge is -2.20. The minimum Gasteiger partial charge on any atom is -0.376 e. The van der Waals surface area contributed by atoms with Gasteiger partial charge in [-0.1, -0.05) is 29.8 Å². The van der Waals surface area contributed by atoms with Gasteiger partial charge in [0.25, 0.3) is 0 Å². The highest BCUT2D eigenvalue weighted by molar-refractivity contribution is 7.54. The van der Waals surface area contributed by atoms with Crippen LogP contribution in [0.4, 0.5) is 0 Å². The van der Waals surface area contributed by atoms with Crippen LogP contribution in [0.25, 0.3) is 0 Å². The summed E-state index contributed by atoms with van der Waals surface area (Å²) in [6, 6.07) is 6.55. The Morgan fingerprint density at radius 3 is 2.33 bits per heavy atom. The predicted molar refractivity (Wildman–Crippen MR) is 58.0 cm³/mol. The fourth-order valence-corrected chi connectivity index (χ4v) is 2.56. The monoisotopic (exact) mass is 250 g/mol. The SMILES string of the molecule is COP(=O)(OC)C(O)c1ccccc1Cl. The summed E-state index contributed by atoms with van der Waals surface area (Å²) in [5, 5.41) is 10.1. The summed E-state index contributed by atoms with van der Waals surface area (Å²) in [7, 11) is -1.12. The van der Waals surface area contributed by atoms with Gasteiger partial charge >= 0.3 is 7.60 Å². The molecule has 1 N–H and O–H groups in total. The Morgan fingerprint density at radius 1 is 1.33 bits per heavy atom. The standard InChI is InChI=1S/C9H12ClO4P/c1-13-15(12,14-2)9(11)7-5-3-4-6-8(7)10/h3-6,9,11H,1-2H3. The molecule has 0 bridgehead atoms. The van der Waals surface area contributed by atoms with Gasteiger partial charge in [-0.15, -0.1) is 0 Å². The normalized spacial score (nSPS) is 13.9. The van der Waals surface area contributed by atoms with Crippen LogP contribution in [0.2, 0.25) is 5.02 Å². The second-order valence-electron chi connectivity index (χ2n) is 2.80. The maximum absolute atomic E-state index is 11.9. The van der Waals surface area contributed by atoms with E-state index in [-0.39, 0.29) is 0 Å². The molecule has 84 valence electrons. The van der Waals surface area contributed by atoms with E-state index in [1.165, 1.54) is 14.2 Å². The van der Waals surface area contributed by atoms with E-state index in [1.807, 2.05) is 0 Å². The Hall–Kier alpha value is -0.380. The zero-order chi connectivity index (χ0) is 11.5. The van der Waals surface area contributed by atoms with Crippen molar-refractivity contribution in [3.63, 3.8) is 0 Å². The summed E-state index contributed by atoms with van der Waals surface area (Å²) >= 11 is 5.85. The first-order chi connectivity index (χ1) is 7.05. The van der Waals surface area contributed by atoms with Crippen LogP contribution in [0.3, 0.4) is 0 Å². The number of rotatable bonds is 4. The van der Waals surface area contributed by atoms with Crippen LogP contribution in [-0.2, 0) is 13.6 Å². The van der Waals surface area contributed by atoms with Crippen molar-refractivity contribution in [1.29, 1.82) is 0 Å². The third kappa shape index (κ3) is 2.60. The van der Waals surface area contributed by atoms with E-state index in [0.717, 1.165) is 0 Å². The molecule has 0 aliphatic heterocycles. The lowest BCUT2D eigenvalue weighted by atomic mass is 10.2. The first-order valence-corrected chi connectivity index (χ1v) is 6.18. The van der Waals surface area contributed by atoms with Crippen LogP contribution in [0.15, 0.2) is 24.3 Å². The largest absolute Gasteiger partial charge is 0.376 e. The molecule has 0 amide bonds. The zero-order valence-electron chi connectivity index (χ0n) is 8.38. The van der Waals surface area contributed by atoms with Gasteiger partial charge in [0.2, 0.25) is 0 Å². The second-order valence-corrected chi connectivity index (χ2v) is 5.51. The van der Waals surface area contributed by atoms with E-state index in [9.17, 15) is 9.67 Å². The Bertz CT molecular complexity index is 374. The van der Waals surface area contributed by atoms with Crippen LogP contribution in [0.5, 0.6) is 0 Å². The molecule has 1 aromatic rings. The summed E-state index contributed by atoms with van der Waals surface area (Å²) in [5.74, 6) is -1.37. The van der Waals surface area contributed by atoms with Crippen LogP contribution in [0, 0.1) is 0 Å². The lowest BCUT2D eigenvalue weighted by molar-refractivity contribution is 0.176. The molecule has 0 aliphatic rings. The maximum atomic E-state index is 11.9. The van der Waals surface area contributed by atoms with Crippen molar-refractivity contribution < 1.29 is 18.7 Å². The molecule has 1 atom stereocenters. The van der Waals surface area contributed by atoms with E-state index in [4.69, 9.17) is 11.6 Å². The summed E-state index contributed by atoms with van der Waals surface area (Å²) < 4.78 is 21.2. The molecule has 1 aromatic carbocycles. The zero-order valence-corrected chi connectivity index (χ0v) is 10.0. The van der Waals surface area contributed by atoms with Gasteiger partial charge in [-0.05, 0) is 6.07 Å². The first kappa shape index (κ1) is 12.7. The van der Waals surface area contributed by atoms with Gasteiger partial charge in [0, 0.05) is 24.8 Å². The Kier molecular flexibility index (Phi) is 4.32. The van der Waals surface area contributed by atoms with Crippen molar-refractivity contribution in [2.24, 2.45) is 0 Å². The van der Waals surface area contributed by atoms with Gasteiger partial charge in [0.15, 0.2) is 5.85 Å². The minimum absolute atomic E-state index is 0.319. The number of aliphatic hydroxyl groups is 1. The predicted octanol–water partition coefficient (Wildman–Crippen LogP) is 2.82. The molecule has 0 aliphatic carbocycles. The molecule has 1 rings (SSSR count). The van der Waals surface area contributed by atoms with Gasteiger partial charge in [-0.3, -0.25) is 4.57 Å². The van der Waals surface area contributed by atoms with E-state index >= 15 is 0 Å². The van der Waals surface area contributed by atoms with Crippen molar-refractivity contribution >= 4 is 19.2 Å². The molecular formula is C9H12ClO4P. The van der Waals surface area contributed by atoms with Gasteiger partial charge in [-0.2, -0.15) is 0 Å². The van der Waals surface area contributed by atoms with Gasteiger partial charge in [0.05, 0.1) is 0 Å². The Labute approximate surface area is 93.3 Å². The van der Waals surface area contributed by atoms with E-state index < -0.39 is 13.4 Å². The van der Waals surface area contributed by atoms with Gasteiger partial charge in [-0.25, -0.2) is 0 Å². The highest BCUT2D eigenvalue weighted by Gasteiger charge is 2.34. The molecule has 0 saturated heterocycles. The third-order valence-corrected chi connectivity index (χ3v) is 4.23. The average Bonchev–Trinajstić information content (AvgIpc) is 2.28. The topological polar surface area (TPSA) is 55.8 Å². The third-order valence-electron chi connectivity index (χ3n) is 1.99. The number of aliphatic hydroxyl groups excluding tert-OH is 1. The molecule has 0 fully saturated rings. The lowest BCUT2D eigenvalue weighted by Crippen LogP contribution is -2.03. The fraction of sp³-hybridized carbons (Fsp3) is 0.333. The molecule has 0 spiro atoms. The maximum Gasteiger partial charge on any atom is 0.362 e. The van der Waals surface area contributed by atoms with Crippen molar-refractivity contribution in [3.05, 3.63) is 34.9 Å². The van der Waals surface area contributed by atoms with Gasteiger partial charge in [0.1, 0.15) is 0 Å². The molecule has 0 aromatic heterocycles. The van der Waals surface area contributed by atoms with Gasteiger partial charge < -0.3 is 14.2 Å². The second kappa shape index (κ2) is 5.10. The van der Waals surface area contributed by atoms with Crippen LogP contribution < -0.4 is 0 Å². The molecule has 1 unspecified atom stereocenters. The smallest absolute Gasteiger partial charge is 0.362 e. The Balaban J connectivity index is 3.09. The summed E-state index contributed by atoms with van der Waals surface area (Å²) in [4.78, 5) is 0. The van der Waals surface area contributed by atoms with E-state index in [2.05, 4.69) is 9.05 Å². The molecule has 6 heteroatoms. The van der Waals surface area contributed by atoms with Crippen molar-refractivity contribution in [2.45, 2.75) is 5.85 Å². The first-order valence-electron chi connectivity index (χ1n) is 4.19. The fourth-order valence-electron chi connectivity index (χ4n) is 1.13. The minimum atomic E-state index is -3.55. The van der Waals surface area contributed by atoms with Crippen molar-refractivity contribution in [3.8, 4) is 0 Å². The van der Waals surface area contributed by atoms with E-state index in [0.29, 0.717) is 10.6 Å². The quantitative estimate of drug-likeness (QED) is 0.835. The molecule has 0 radical (unpaired) electrons. The molecule has 4 nitrogen and oxygen atoms in total. The van der Waals surface area contributed by atoms with Crippen LogP contribution in [0.1, 0.15) is 11.4 Å². The number of benzene rings is 1. The van der Waals surface area contributed by atoms with Crippen molar-refractivity contribution in [2.75, 3.05) is 14.2 Å². The molecule has 0 saturated carbocycles. The summed E-state index contributed by atoms with van der Waals surface area (Å²) in [5.41, 5.74) is 0.325. The summed E-state index contributed by atoms with van der Waals surface area (Å²) in [6.45, 7) is 0. The highest BCUT2D eigenvalue weighted by Crippen LogP contribution is 2.59. The number of halogens is 1. The van der Waals surface area contributed by atoms with Crippen LogP contribution in [-0.4, -0.2) is 19.3 Å². The Morgan fingerprint density at radius 2 is 1.87 bits per heavy atom. The number of hydrogen-bond acceptors (Lipinski definition) is 4. The molecular weight excluding hydrogens is 239 g/mol. The molecule has 15 heavy (non-hydrogen) atoms. The van der Waals surface area contributed by atoms with E-state index in [1.54, 1.807) is 24.3 Å².